The quantitative estimate of drug-likeness (QED) is 0.629. The summed E-state index contributed by atoms with van der Waals surface area (Å²) in [4.78, 5) is 38.2. The standard InChI is InChI=1S/C23H28N2O5/c1-5-25(6-2)20-13-9-17(10-14-20)22(27)29-15-21(26)24-19-11-7-18(8-12-19)23(28)30-16(3)4/h7-14,16H,5-6,15H2,1-4H3,(H,24,26). The second-order valence-electron chi connectivity index (χ2n) is 6.87. The fourth-order valence-corrected chi connectivity index (χ4v) is 2.78. The van der Waals surface area contributed by atoms with Crippen molar-refractivity contribution in [2.75, 3.05) is 29.9 Å². The van der Waals surface area contributed by atoms with E-state index in [4.69, 9.17) is 9.47 Å². The highest BCUT2D eigenvalue weighted by Gasteiger charge is 2.12. The van der Waals surface area contributed by atoms with Crippen LogP contribution in [0.25, 0.3) is 0 Å². The van der Waals surface area contributed by atoms with E-state index in [1.165, 1.54) is 0 Å². The Morgan fingerprint density at radius 1 is 0.867 bits per heavy atom. The molecule has 0 aliphatic carbocycles. The van der Waals surface area contributed by atoms with Gasteiger partial charge in [0.2, 0.25) is 0 Å². The van der Waals surface area contributed by atoms with Crippen molar-refractivity contribution in [2.45, 2.75) is 33.8 Å². The fraction of sp³-hybridized carbons (Fsp3) is 0.348. The number of benzene rings is 2. The minimum atomic E-state index is -0.567. The Hall–Kier alpha value is -3.35. The van der Waals surface area contributed by atoms with E-state index in [0.29, 0.717) is 16.8 Å². The molecule has 0 atom stereocenters. The molecule has 7 heteroatoms. The molecule has 0 bridgehead atoms. The van der Waals surface area contributed by atoms with Crippen LogP contribution in [0.15, 0.2) is 48.5 Å². The van der Waals surface area contributed by atoms with E-state index < -0.39 is 24.5 Å². The third-order valence-electron chi connectivity index (χ3n) is 4.31. The van der Waals surface area contributed by atoms with Crippen molar-refractivity contribution >= 4 is 29.2 Å². The number of carbonyl (C=O) groups excluding carboxylic acids is 3. The van der Waals surface area contributed by atoms with E-state index in [1.807, 2.05) is 12.1 Å². The second-order valence-corrected chi connectivity index (χ2v) is 6.87. The monoisotopic (exact) mass is 412 g/mol. The van der Waals surface area contributed by atoms with Crippen molar-refractivity contribution in [1.82, 2.24) is 0 Å². The summed E-state index contributed by atoms with van der Waals surface area (Å²) in [6, 6.07) is 13.4. The van der Waals surface area contributed by atoms with E-state index in [1.54, 1.807) is 50.2 Å². The van der Waals surface area contributed by atoms with Gasteiger partial charge in [0.15, 0.2) is 6.61 Å². The molecule has 0 aromatic heterocycles. The fourth-order valence-electron chi connectivity index (χ4n) is 2.78. The van der Waals surface area contributed by atoms with Gasteiger partial charge in [-0.3, -0.25) is 4.79 Å². The van der Waals surface area contributed by atoms with Crippen molar-refractivity contribution in [2.24, 2.45) is 0 Å². The Labute approximate surface area is 177 Å². The average Bonchev–Trinajstić information content (AvgIpc) is 2.73. The number of nitrogens with zero attached hydrogens (tertiary/aromatic N) is 1. The Balaban J connectivity index is 1.85. The summed E-state index contributed by atoms with van der Waals surface area (Å²) in [5.74, 6) is -1.47. The van der Waals surface area contributed by atoms with E-state index in [-0.39, 0.29) is 6.10 Å². The van der Waals surface area contributed by atoms with Gasteiger partial charge in [-0.25, -0.2) is 9.59 Å². The molecule has 1 amide bonds. The summed E-state index contributed by atoms with van der Waals surface area (Å²) in [7, 11) is 0. The molecule has 1 N–H and O–H groups in total. The lowest BCUT2D eigenvalue weighted by molar-refractivity contribution is -0.119. The molecular weight excluding hydrogens is 384 g/mol. The Morgan fingerprint density at radius 3 is 1.93 bits per heavy atom. The molecule has 0 unspecified atom stereocenters. The van der Waals surface area contributed by atoms with Crippen LogP contribution in [0.5, 0.6) is 0 Å². The predicted molar refractivity (Wildman–Crippen MR) is 116 cm³/mol. The normalized spacial score (nSPS) is 10.4. The third-order valence-corrected chi connectivity index (χ3v) is 4.31. The first-order chi connectivity index (χ1) is 14.3. The molecule has 2 aromatic rings. The first kappa shape index (κ1) is 22.9. The Bertz CT molecular complexity index is 856. The van der Waals surface area contributed by atoms with Crippen molar-refractivity contribution in [1.29, 1.82) is 0 Å². The van der Waals surface area contributed by atoms with Gasteiger partial charge in [-0.1, -0.05) is 0 Å². The molecule has 0 aliphatic rings. The van der Waals surface area contributed by atoms with Gasteiger partial charge in [-0.2, -0.15) is 0 Å². The summed E-state index contributed by atoms with van der Waals surface area (Å²) in [6.45, 7) is 9.01. The maximum atomic E-state index is 12.2. The molecule has 2 aromatic carbocycles. The maximum absolute atomic E-state index is 12.2. The zero-order chi connectivity index (χ0) is 22.1. The molecular formula is C23H28N2O5. The molecule has 0 spiro atoms. The number of anilines is 2. The van der Waals surface area contributed by atoms with E-state index >= 15 is 0 Å². The van der Waals surface area contributed by atoms with Crippen LogP contribution in [0.3, 0.4) is 0 Å². The molecule has 30 heavy (non-hydrogen) atoms. The van der Waals surface area contributed by atoms with Gasteiger partial charge < -0.3 is 19.7 Å². The van der Waals surface area contributed by atoms with Crippen LogP contribution >= 0.6 is 0 Å². The number of nitrogens with one attached hydrogen (secondary N) is 1. The van der Waals surface area contributed by atoms with Crippen LogP contribution in [-0.4, -0.2) is 43.6 Å². The minimum Gasteiger partial charge on any atom is -0.459 e. The number of carbonyl (C=O) groups is 3. The first-order valence-electron chi connectivity index (χ1n) is 9.97. The second kappa shape index (κ2) is 11.0. The molecule has 160 valence electrons. The molecule has 0 fully saturated rings. The molecule has 0 radical (unpaired) electrons. The minimum absolute atomic E-state index is 0.208. The van der Waals surface area contributed by atoms with Crippen LogP contribution in [0.2, 0.25) is 0 Å². The number of ether oxygens (including phenoxy) is 2. The number of amides is 1. The van der Waals surface area contributed by atoms with E-state index in [0.717, 1.165) is 18.8 Å². The summed E-state index contributed by atoms with van der Waals surface area (Å²) < 4.78 is 10.2. The van der Waals surface area contributed by atoms with Gasteiger partial charge in [0, 0.05) is 24.5 Å². The van der Waals surface area contributed by atoms with Gasteiger partial charge in [0.25, 0.3) is 5.91 Å². The van der Waals surface area contributed by atoms with Crippen molar-refractivity contribution < 1.29 is 23.9 Å². The van der Waals surface area contributed by atoms with Gasteiger partial charge >= 0.3 is 11.9 Å². The van der Waals surface area contributed by atoms with Crippen LogP contribution in [0.1, 0.15) is 48.4 Å². The van der Waals surface area contributed by atoms with Gasteiger partial charge in [0.05, 0.1) is 17.2 Å². The number of hydrogen-bond acceptors (Lipinski definition) is 6. The van der Waals surface area contributed by atoms with Crippen molar-refractivity contribution in [3.05, 3.63) is 59.7 Å². The first-order valence-corrected chi connectivity index (χ1v) is 9.97. The van der Waals surface area contributed by atoms with Gasteiger partial charge in [-0.15, -0.1) is 0 Å². The smallest absolute Gasteiger partial charge is 0.338 e. The van der Waals surface area contributed by atoms with Crippen LogP contribution in [0.4, 0.5) is 11.4 Å². The zero-order valence-electron chi connectivity index (χ0n) is 17.8. The highest BCUT2D eigenvalue weighted by molar-refractivity contribution is 5.96. The van der Waals surface area contributed by atoms with Crippen molar-refractivity contribution in [3.63, 3.8) is 0 Å². The largest absolute Gasteiger partial charge is 0.459 e. The highest BCUT2D eigenvalue weighted by atomic mass is 16.5. The highest BCUT2D eigenvalue weighted by Crippen LogP contribution is 2.16. The molecule has 7 nitrogen and oxygen atoms in total. The summed E-state index contributed by atoms with van der Waals surface area (Å²) in [5.41, 5.74) is 2.28. The van der Waals surface area contributed by atoms with Crippen LogP contribution in [-0.2, 0) is 14.3 Å². The van der Waals surface area contributed by atoms with Crippen LogP contribution < -0.4 is 10.2 Å². The molecule has 0 saturated carbocycles. The lowest BCUT2D eigenvalue weighted by atomic mass is 10.2. The van der Waals surface area contributed by atoms with Crippen LogP contribution in [0, 0.1) is 0 Å². The SMILES string of the molecule is CCN(CC)c1ccc(C(=O)OCC(=O)Nc2ccc(C(=O)OC(C)C)cc2)cc1. The van der Waals surface area contributed by atoms with E-state index in [2.05, 4.69) is 24.1 Å². The predicted octanol–water partition coefficient (Wildman–Crippen LogP) is 3.89. The number of hydrogen-bond donors (Lipinski definition) is 1. The average molecular weight is 412 g/mol. The summed E-state index contributed by atoms with van der Waals surface area (Å²) in [5, 5.41) is 2.62. The third kappa shape index (κ3) is 6.62. The Morgan fingerprint density at radius 2 is 1.40 bits per heavy atom. The lowest BCUT2D eigenvalue weighted by Crippen LogP contribution is -2.22. The lowest BCUT2D eigenvalue weighted by Gasteiger charge is -2.20. The molecule has 0 aliphatic heterocycles. The van der Waals surface area contributed by atoms with Crippen molar-refractivity contribution in [3.8, 4) is 0 Å². The topological polar surface area (TPSA) is 84.9 Å². The Kier molecular flexibility index (Phi) is 8.41. The number of esters is 2. The maximum Gasteiger partial charge on any atom is 0.338 e. The summed E-state index contributed by atoms with van der Waals surface area (Å²) >= 11 is 0. The van der Waals surface area contributed by atoms with Gasteiger partial charge in [-0.05, 0) is 76.2 Å². The molecule has 0 saturated heterocycles. The van der Waals surface area contributed by atoms with E-state index in [9.17, 15) is 14.4 Å². The molecule has 2 rings (SSSR count). The summed E-state index contributed by atoms with van der Waals surface area (Å²) in [6.07, 6.45) is -0.208. The van der Waals surface area contributed by atoms with Gasteiger partial charge in [0.1, 0.15) is 0 Å². The molecule has 0 heterocycles. The number of rotatable bonds is 9. The zero-order valence-corrected chi connectivity index (χ0v) is 17.8.